The molecule has 4 radical (unpaired) electrons. The molecule has 0 aliphatic heterocycles. The fourth-order valence-corrected chi connectivity index (χ4v) is 0.204. The summed E-state index contributed by atoms with van der Waals surface area (Å²) in [4.78, 5) is 19.0. The van der Waals surface area contributed by atoms with E-state index < -0.39 is 24.8 Å². The van der Waals surface area contributed by atoms with Gasteiger partial charge in [0.15, 0.2) is 0 Å². The third kappa shape index (κ3) is 11.2. The van der Waals surface area contributed by atoms with Crippen molar-refractivity contribution in [2.45, 2.75) is 12.8 Å². The van der Waals surface area contributed by atoms with Crippen molar-refractivity contribution in [3.8, 4) is 0 Å². The van der Waals surface area contributed by atoms with Crippen molar-refractivity contribution in [3.05, 3.63) is 0 Å². The number of carbonyl (C=O) groups excluding carboxylic acids is 2. The second kappa shape index (κ2) is 5.59. The zero-order chi connectivity index (χ0) is 6.57. The van der Waals surface area contributed by atoms with Gasteiger partial charge in [-0.1, -0.05) is 0 Å². The number of aliphatic carboxylic acids is 2. The molecule has 0 rings (SSSR count). The monoisotopic (exact) mass is 196 g/mol. The third-order valence-corrected chi connectivity index (χ3v) is 0.533. The van der Waals surface area contributed by atoms with Crippen molar-refractivity contribution in [1.82, 2.24) is 0 Å². The Labute approximate surface area is 62.3 Å². The molecule has 0 heterocycles. The Bertz CT molecular complexity index is 97.1. The van der Waals surface area contributed by atoms with Gasteiger partial charge in [0.2, 0.25) is 0 Å². The first-order valence-electron chi connectivity index (χ1n) is 2.02. The summed E-state index contributed by atoms with van der Waals surface area (Å²) in [7, 11) is 0. The SMILES string of the molecule is O=C([O-])CCC(=O)[O-].[Se+2]. The van der Waals surface area contributed by atoms with E-state index in [9.17, 15) is 19.8 Å². The van der Waals surface area contributed by atoms with E-state index >= 15 is 0 Å². The minimum absolute atomic E-state index is 0. The molecule has 0 aliphatic carbocycles. The predicted molar refractivity (Wildman–Crippen MR) is 25.0 cm³/mol. The molecule has 0 amide bonds. The summed E-state index contributed by atoms with van der Waals surface area (Å²) in [6.07, 6.45) is -0.940. The molecule has 0 bridgehead atoms. The zero-order valence-corrected chi connectivity index (χ0v) is 6.17. The molecule has 4 nitrogen and oxygen atoms in total. The van der Waals surface area contributed by atoms with Gasteiger partial charge >= 0.3 is 17.1 Å². The Balaban J connectivity index is 0. The Morgan fingerprint density at radius 1 is 1.00 bits per heavy atom. The minimum atomic E-state index is -1.37. The second-order valence-corrected chi connectivity index (χ2v) is 1.24. The normalized spacial score (nSPS) is 7.56. The first-order chi connectivity index (χ1) is 3.63. The van der Waals surface area contributed by atoms with E-state index in [1.807, 2.05) is 0 Å². The van der Waals surface area contributed by atoms with Gasteiger partial charge in [-0.25, -0.2) is 0 Å². The van der Waals surface area contributed by atoms with E-state index in [2.05, 4.69) is 0 Å². The van der Waals surface area contributed by atoms with E-state index in [4.69, 9.17) is 0 Å². The molecule has 0 fully saturated rings. The van der Waals surface area contributed by atoms with Gasteiger partial charge in [-0.15, -0.1) is 0 Å². The van der Waals surface area contributed by atoms with Crippen LogP contribution in [0.2, 0.25) is 0 Å². The van der Waals surface area contributed by atoms with Gasteiger partial charge in [0, 0.05) is 11.9 Å². The van der Waals surface area contributed by atoms with Crippen LogP contribution in [-0.4, -0.2) is 29.0 Å². The summed E-state index contributed by atoms with van der Waals surface area (Å²) < 4.78 is 0. The molecule has 0 saturated carbocycles. The van der Waals surface area contributed by atoms with Gasteiger partial charge in [0.1, 0.15) is 0 Å². The van der Waals surface area contributed by atoms with E-state index in [0.29, 0.717) is 0 Å². The molecule has 0 atom stereocenters. The number of hydrogen-bond donors (Lipinski definition) is 0. The number of rotatable bonds is 3. The van der Waals surface area contributed by atoms with E-state index in [1.165, 1.54) is 0 Å². The maximum absolute atomic E-state index is 9.50. The maximum Gasteiger partial charge on any atom is 2.00 e. The molecule has 5 heteroatoms. The van der Waals surface area contributed by atoms with Gasteiger partial charge in [-0.3, -0.25) is 0 Å². The first-order valence-corrected chi connectivity index (χ1v) is 2.02. The van der Waals surface area contributed by atoms with E-state index in [-0.39, 0.29) is 17.1 Å². The molecule has 0 aromatic rings. The summed E-state index contributed by atoms with van der Waals surface area (Å²) in [5, 5.41) is 19.0. The van der Waals surface area contributed by atoms with Crippen LogP contribution in [0.5, 0.6) is 0 Å². The molecule has 50 valence electrons. The zero-order valence-electron chi connectivity index (χ0n) is 4.46. The van der Waals surface area contributed by atoms with Gasteiger partial charge in [-0.2, -0.15) is 0 Å². The van der Waals surface area contributed by atoms with Crippen LogP contribution in [0.4, 0.5) is 0 Å². The van der Waals surface area contributed by atoms with Crippen LogP contribution in [0.15, 0.2) is 0 Å². The van der Waals surface area contributed by atoms with Crippen molar-refractivity contribution >= 4 is 29.0 Å². The number of carbonyl (C=O) groups is 2. The number of carboxylic acid groups (broad SMARTS) is 2. The Morgan fingerprint density at radius 2 is 1.22 bits per heavy atom. The standard InChI is InChI=1S/C4H6O4.Se/c5-3(6)1-2-4(7)8;/h1-2H2,(H,5,6)(H,7,8);/q;+2/p-2. The van der Waals surface area contributed by atoms with Crippen LogP contribution >= 0.6 is 0 Å². The van der Waals surface area contributed by atoms with Crippen molar-refractivity contribution in [1.29, 1.82) is 0 Å². The Morgan fingerprint density at radius 3 is 1.33 bits per heavy atom. The molecule has 0 saturated heterocycles. The van der Waals surface area contributed by atoms with Gasteiger partial charge in [0.25, 0.3) is 0 Å². The summed E-state index contributed by atoms with van der Waals surface area (Å²) in [5.41, 5.74) is 0. The van der Waals surface area contributed by atoms with Crippen LogP contribution in [0, 0.1) is 0 Å². The quantitative estimate of drug-likeness (QED) is 0.446. The molecule has 0 aliphatic rings. The number of carboxylic acids is 2. The predicted octanol–water partition coefficient (Wildman–Crippen LogP) is -3.11. The minimum Gasteiger partial charge on any atom is -0.550 e. The van der Waals surface area contributed by atoms with E-state index in [1.54, 1.807) is 0 Å². The largest absolute Gasteiger partial charge is 2.00 e. The van der Waals surface area contributed by atoms with Crippen molar-refractivity contribution in [2.75, 3.05) is 0 Å². The fourth-order valence-electron chi connectivity index (χ4n) is 0.204. The van der Waals surface area contributed by atoms with Crippen molar-refractivity contribution in [2.24, 2.45) is 0 Å². The summed E-state index contributed by atoms with van der Waals surface area (Å²) in [6.45, 7) is 0. The molecular weight excluding hydrogens is 191 g/mol. The van der Waals surface area contributed by atoms with Crippen molar-refractivity contribution in [3.63, 3.8) is 0 Å². The summed E-state index contributed by atoms with van der Waals surface area (Å²) in [6, 6.07) is 0. The molecule has 0 N–H and O–H groups in total. The molecule has 9 heavy (non-hydrogen) atoms. The average Bonchev–Trinajstić information content (AvgIpc) is 1.61. The molecule has 0 aromatic heterocycles. The van der Waals surface area contributed by atoms with Crippen molar-refractivity contribution < 1.29 is 19.8 Å². The summed E-state index contributed by atoms with van der Waals surface area (Å²) >= 11 is 0. The van der Waals surface area contributed by atoms with Crippen LogP contribution in [-0.2, 0) is 9.59 Å². The number of hydrogen-bond acceptors (Lipinski definition) is 4. The third-order valence-electron chi connectivity index (χ3n) is 0.533. The Kier molecular flexibility index (Phi) is 7.01. The molecule has 0 aromatic carbocycles. The van der Waals surface area contributed by atoms with E-state index in [0.717, 1.165) is 0 Å². The van der Waals surface area contributed by atoms with Crippen LogP contribution < -0.4 is 10.2 Å². The Hall–Kier alpha value is -0.541. The fraction of sp³-hybridized carbons (Fsp3) is 0.500. The first kappa shape index (κ1) is 11.3. The topological polar surface area (TPSA) is 80.3 Å². The average molecular weight is 195 g/mol. The second-order valence-electron chi connectivity index (χ2n) is 1.24. The van der Waals surface area contributed by atoms with Crippen LogP contribution in [0.3, 0.4) is 0 Å². The van der Waals surface area contributed by atoms with Gasteiger partial charge in [0.05, 0.1) is 0 Å². The molecule has 0 spiro atoms. The van der Waals surface area contributed by atoms with Gasteiger partial charge < -0.3 is 19.8 Å². The van der Waals surface area contributed by atoms with Crippen LogP contribution in [0.1, 0.15) is 12.8 Å². The maximum atomic E-state index is 9.50. The van der Waals surface area contributed by atoms with Gasteiger partial charge in [-0.05, 0) is 12.8 Å². The molecular formula is C4H4O4Se. The summed E-state index contributed by atoms with van der Waals surface area (Å²) in [5.74, 6) is -2.73. The smallest absolute Gasteiger partial charge is 0.550 e. The molecule has 0 unspecified atom stereocenters. The van der Waals surface area contributed by atoms with Crippen LogP contribution in [0.25, 0.3) is 0 Å².